The predicted molar refractivity (Wildman–Crippen MR) is 81.1 cm³/mol. The smallest absolute Gasteiger partial charge is 0.227 e. The van der Waals surface area contributed by atoms with Crippen LogP contribution in [0.15, 0.2) is 29.4 Å². The van der Waals surface area contributed by atoms with Gasteiger partial charge in [-0.05, 0) is 26.0 Å². The van der Waals surface area contributed by atoms with Gasteiger partial charge in [-0.3, -0.25) is 4.79 Å². The Morgan fingerprint density at radius 1 is 1.33 bits per heavy atom. The Hall–Kier alpha value is -2.02. The number of hydrogen-bond donors (Lipinski definition) is 1. The van der Waals surface area contributed by atoms with Crippen LogP contribution in [0.4, 0.5) is 0 Å². The summed E-state index contributed by atoms with van der Waals surface area (Å²) in [6.07, 6.45) is 0. The monoisotopic (exact) mass is 306 g/mol. The standard InChI is InChI=1S/C14H18N4O2S/c1-3-18-13(16-17-14(18)21-9-12(15)19)8-20-11-6-4-10(2)5-7-11/h4-7H,3,8-9H2,1-2H3,(H2,15,19). The summed E-state index contributed by atoms with van der Waals surface area (Å²) in [4.78, 5) is 10.8. The van der Waals surface area contributed by atoms with Crippen LogP contribution in [0.1, 0.15) is 18.3 Å². The van der Waals surface area contributed by atoms with E-state index in [9.17, 15) is 4.79 Å². The van der Waals surface area contributed by atoms with Gasteiger partial charge in [0, 0.05) is 6.54 Å². The fourth-order valence-corrected chi connectivity index (χ4v) is 2.53. The molecule has 0 radical (unpaired) electrons. The number of nitrogens with two attached hydrogens (primary N) is 1. The lowest BCUT2D eigenvalue weighted by atomic mass is 10.2. The van der Waals surface area contributed by atoms with E-state index in [1.807, 2.05) is 42.7 Å². The van der Waals surface area contributed by atoms with E-state index < -0.39 is 0 Å². The fraction of sp³-hybridized carbons (Fsp3) is 0.357. The van der Waals surface area contributed by atoms with Gasteiger partial charge < -0.3 is 15.0 Å². The van der Waals surface area contributed by atoms with Crippen molar-refractivity contribution in [3.05, 3.63) is 35.7 Å². The number of carbonyl (C=O) groups excluding carboxylic acids is 1. The molecule has 1 aromatic heterocycles. The molecule has 112 valence electrons. The average molecular weight is 306 g/mol. The highest BCUT2D eigenvalue weighted by Gasteiger charge is 2.12. The van der Waals surface area contributed by atoms with Crippen LogP contribution >= 0.6 is 11.8 Å². The summed E-state index contributed by atoms with van der Waals surface area (Å²) in [5, 5.41) is 8.87. The van der Waals surface area contributed by atoms with Crippen molar-refractivity contribution in [2.45, 2.75) is 32.2 Å². The van der Waals surface area contributed by atoms with Crippen molar-refractivity contribution in [3.63, 3.8) is 0 Å². The highest BCUT2D eigenvalue weighted by atomic mass is 32.2. The van der Waals surface area contributed by atoms with E-state index in [-0.39, 0.29) is 11.7 Å². The van der Waals surface area contributed by atoms with Gasteiger partial charge in [0.25, 0.3) is 0 Å². The molecule has 21 heavy (non-hydrogen) atoms. The summed E-state index contributed by atoms with van der Waals surface area (Å²) < 4.78 is 7.62. The summed E-state index contributed by atoms with van der Waals surface area (Å²) in [6.45, 7) is 5.06. The molecule has 0 atom stereocenters. The van der Waals surface area contributed by atoms with Crippen LogP contribution in [0, 0.1) is 6.92 Å². The van der Waals surface area contributed by atoms with E-state index in [0.29, 0.717) is 18.3 Å². The Morgan fingerprint density at radius 3 is 2.67 bits per heavy atom. The van der Waals surface area contributed by atoms with Crippen LogP contribution < -0.4 is 10.5 Å². The van der Waals surface area contributed by atoms with Crippen molar-refractivity contribution in [3.8, 4) is 5.75 Å². The summed E-state index contributed by atoms with van der Waals surface area (Å²) in [6, 6.07) is 7.83. The Bertz CT molecular complexity index is 610. The Labute approximate surface area is 127 Å². The molecule has 1 aromatic carbocycles. The molecule has 0 aliphatic heterocycles. The number of primary amides is 1. The molecule has 0 bridgehead atoms. The van der Waals surface area contributed by atoms with Crippen molar-refractivity contribution < 1.29 is 9.53 Å². The van der Waals surface area contributed by atoms with Gasteiger partial charge in [0.1, 0.15) is 12.4 Å². The van der Waals surface area contributed by atoms with Gasteiger partial charge in [0.2, 0.25) is 5.91 Å². The highest BCUT2D eigenvalue weighted by Crippen LogP contribution is 2.18. The SMILES string of the molecule is CCn1c(COc2ccc(C)cc2)nnc1SCC(N)=O. The minimum absolute atomic E-state index is 0.191. The molecular formula is C14H18N4O2S. The van der Waals surface area contributed by atoms with E-state index in [1.54, 1.807) is 0 Å². The largest absolute Gasteiger partial charge is 0.486 e. The number of benzene rings is 1. The first kappa shape index (κ1) is 15.4. The summed E-state index contributed by atoms with van der Waals surface area (Å²) >= 11 is 1.28. The third kappa shape index (κ3) is 4.22. The highest BCUT2D eigenvalue weighted by molar-refractivity contribution is 7.99. The van der Waals surface area contributed by atoms with E-state index in [4.69, 9.17) is 10.5 Å². The number of hydrogen-bond acceptors (Lipinski definition) is 5. The van der Waals surface area contributed by atoms with E-state index >= 15 is 0 Å². The Morgan fingerprint density at radius 2 is 2.05 bits per heavy atom. The normalized spacial score (nSPS) is 10.6. The van der Waals surface area contributed by atoms with Gasteiger partial charge in [0.15, 0.2) is 11.0 Å². The zero-order valence-electron chi connectivity index (χ0n) is 12.1. The number of carbonyl (C=O) groups is 1. The van der Waals surface area contributed by atoms with Gasteiger partial charge >= 0.3 is 0 Å². The molecule has 2 aromatic rings. The van der Waals surface area contributed by atoms with Crippen molar-refractivity contribution >= 4 is 17.7 Å². The lowest BCUT2D eigenvalue weighted by molar-refractivity contribution is -0.115. The van der Waals surface area contributed by atoms with Crippen LogP contribution in [0.5, 0.6) is 5.75 Å². The second kappa shape index (κ2) is 7.12. The zero-order chi connectivity index (χ0) is 15.2. The third-order valence-electron chi connectivity index (χ3n) is 2.84. The third-order valence-corrected chi connectivity index (χ3v) is 3.83. The molecule has 0 saturated heterocycles. The maximum atomic E-state index is 10.8. The van der Waals surface area contributed by atoms with Gasteiger partial charge in [-0.2, -0.15) is 0 Å². The minimum atomic E-state index is -0.372. The van der Waals surface area contributed by atoms with E-state index in [1.165, 1.54) is 17.3 Å². The Kier molecular flexibility index (Phi) is 5.21. The molecule has 0 aliphatic carbocycles. The number of aryl methyl sites for hydroxylation is 1. The second-order valence-corrected chi connectivity index (χ2v) is 5.44. The maximum absolute atomic E-state index is 10.8. The van der Waals surface area contributed by atoms with E-state index in [0.717, 1.165) is 11.6 Å². The molecule has 1 amide bonds. The van der Waals surface area contributed by atoms with Crippen LogP contribution in [-0.4, -0.2) is 26.4 Å². The number of aromatic nitrogens is 3. The molecular weight excluding hydrogens is 288 g/mol. The number of amides is 1. The maximum Gasteiger partial charge on any atom is 0.227 e. The molecule has 6 nitrogen and oxygen atoms in total. The molecule has 2 rings (SSSR count). The van der Waals surface area contributed by atoms with Gasteiger partial charge in [-0.1, -0.05) is 29.5 Å². The fourth-order valence-electron chi connectivity index (χ4n) is 1.77. The number of nitrogens with zero attached hydrogens (tertiary/aromatic N) is 3. The molecule has 1 heterocycles. The summed E-state index contributed by atoms with van der Waals surface area (Å²) in [5.74, 6) is 1.34. The number of rotatable bonds is 7. The second-order valence-electron chi connectivity index (χ2n) is 4.50. The number of ether oxygens (including phenoxy) is 1. The van der Waals surface area contributed by atoms with Crippen molar-refractivity contribution in [1.29, 1.82) is 0 Å². The van der Waals surface area contributed by atoms with E-state index in [2.05, 4.69) is 10.2 Å². The minimum Gasteiger partial charge on any atom is -0.486 e. The molecule has 0 aliphatic rings. The summed E-state index contributed by atoms with van der Waals surface area (Å²) in [7, 11) is 0. The van der Waals surface area contributed by atoms with Crippen molar-refractivity contribution in [2.24, 2.45) is 5.73 Å². The van der Waals surface area contributed by atoms with Gasteiger partial charge in [-0.25, -0.2) is 0 Å². The van der Waals surface area contributed by atoms with Crippen molar-refractivity contribution in [2.75, 3.05) is 5.75 Å². The molecule has 0 saturated carbocycles. The molecule has 0 fully saturated rings. The Balaban J connectivity index is 2.02. The van der Waals surface area contributed by atoms with Crippen LogP contribution in [0.25, 0.3) is 0 Å². The molecule has 0 spiro atoms. The molecule has 2 N–H and O–H groups in total. The lowest BCUT2D eigenvalue weighted by Crippen LogP contribution is -2.14. The molecule has 7 heteroatoms. The predicted octanol–water partition coefficient (Wildman–Crippen LogP) is 1.76. The van der Waals surface area contributed by atoms with Gasteiger partial charge in [-0.15, -0.1) is 10.2 Å². The van der Waals surface area contributed by atoms with Crippen molar-refractivity contribution in [1.82, 2.24) is 14.8 Å². The lowest BCUT2D eigenvalue weighted by Gasteiger charge is -2.08. The quantitative estimate of drug-likeness (QED) is 0.788. The summed E-state index contributed by atoms with van der Waals surface area (Å²) in [5.41, 5.74) is 6.33. The first-order chi connectivity index (χ1) is 10.1. The topological polar surface area (TPSA) is 83.0 Å². The zero-order valence-corrected chi connectivity index (χ0v) is 12.9. The van der Waals surface area contributed by atoms with Gasteiger partial charge in [0.05, 0.1) is 5.75 Å². The number of thioether (sulfide) groups is 1. The average Bonchev–Trinajstić information content (AvgIpc) is 2.86. The first-order valence-corrected chi connectivity index (χ1v) is 7.61. The molecule has 0 unspecified atom stereocenters. The first-order valence-electron chi connectivity index (χ1n) is 6.62. The van der Waals surface area contributed by atoms with Crippen LogP contribution in [0.2, 0.25) is 0 Å². The van der Waals surface area contributed by atoms with Crippen LogP contribution in [0.3, 0.4) is 0 Å². The van der Waals surface area contributed by atoms with Crippen LogP contribution in [-0.2, 0) is 17.9 Å².